The molecule has 0 radical (unpaired) electrons. The summed E-state index contributed by atoms with van der Waals surface area (Å²) >= 11 is 1.21. The van der Waals surface area contributed by atoms with E-state index >= 15 is 0 Å². The molecule has 3 aromatic rings. The van der Waals surface area contributed by atoms with Crippen LogP contribution in [0.15, 0.2) is 63.5 Å². The summed E-state index contributed by atoms with van der Waals surface area (Å²) in [5.41, 5.74) is 2.20. The van der Waals surface area contributed by atoms with E-state index in [0.29, 0.717) is 37.7 Å². The summed E-state index contributed by atoms with van der Waals surface area (Å²) < 4.78 is 22.8. The van der Waals surface area contributed by atoms with Crippen molar-refractivity contribution in [1.82, 2.24) is 4.57 Å². The number of benzene rings is 2. The predicted molar refractivity (Wildman–Crippen MR) is 138 cm³/mol. The molecule has 0 saturated heterocycles. The molecule has 1 unspecified atom stereocenters. The van der Waals surface area contributed by atoms with Gasteiger partial charge in [0.15, 0.2) is 16.3 Å². The van der Waals surface area contributed by atoms with Gasteiger partial charge in [-0.2, -0.15) is 0 Å². The van der Waals surface area contributed by atoms with Crippen LogP contribution in [0.1, 0.15) is 41.4 Å². The van der Waals surface area contributed by atoms with Crippen molar-refractivity contribution in [3.05, 3.63) is 90.1 Å². The van der Waals surface area contributed by atoms with Gasteiger partial charge in [0.05, 0.1) is 55.3 Å². The van der Waals surface area contributed by atoms with Gasteiger partial charge in [0.2, 0.25) is 0 Å². The number of carbonyl (C=O) groups excluding carboxylic acids is 2. The van der Waals surface area contributed by atoms with Crippen LogP contribution in [0.4, 0.5) is 0 Å². The molecule has 9 nitrogen and oxygen atoms in total. The minimum absolute atomic E-state index is 0.181. The second-order valence-electron chi connectivity index (χ2n) is 8.03. The molecule has 37 heavy (non-hydrogen) atoms. The van der Waals surface area contributed by atoms with Crippen LogP contribution in [0.25, 0.3) is 6.08 Å². The van der Waals surface area contributed by atoms with Gasteiger partial charge in [0.1, 0.15) is 0 Å². The highest BCUT2D eigenvalue weighted by Gasteiger charge is 2.33. The molecule has 10 heteroatoms. The van der Waals surface area contributed by atoms with Gasteiger partial charge in [-0.1, -0.05) is 29.5 Å². The zero-order chi connectivity index (χ0) is 26.7. The van der Waals surface area contributed by atoms with E-state index in [4.69, 9.17) is 18.9 Å². The average molecular weight is 523 g/mol. The second kappa shape index (κ2) is 10.8. The standard InChI is InChI=1S/C27H26N2O7S/c1-6-36-26(32)22-15(2)28-27-29(23(22)18-11-12-19(33-3)20(14-18)34-4)24(30)21(37-27)13-16-7-9-17(10-8-16)25(31)35-5/h7-14,23H,6H2,1-5H3/b21-13+. The molecule has 1 aliphatic heterocycles. The maximum absolute atomic E-state index is 13.7. The van der Waals surface area contributed by atoms with Crippen molar-refractivity contribution >= 4 is 29.4 Å². The smallest absolute Gasteiger partial charge is 0.338 e. The fourth-order valence-corrected chi connectivity index (χ4v) is 5.16. The molecule has 1 aromatic heterocycles. The highest BCUT2D eigenvalue weighted by molar-refractivity contribution is 7.07. The average Bonchev–Trinajstić information content (AvgIpc) is 3.21. The van der Waals surface area contributed by atoms with Crippen LogP contribution in [0.5, 0.6) is 11.5 Å². The molecule has 2 aromatic carbocycles. The number of methoxy groups -OCH3 is 3. The van der Waals surface area contributed by atoms with E-state index in [0.717, 1.165) is 5.56 Å². The van der Waals surface area contributed by atoms with Gasteiger partial charge in [-0.25, -0.2) is 14.6 Å². The van der Waals surface area contributed by atoms with Gasteiger partial charge < -0.3 is 18.9 Å². The number of hydrogen-bond acceptors (Lipinski definition) is 9. The van der Waals surface area contributed by atoms with Crippen molar-refractivity contribution in [2.45, 2.75) is 19.9 Å². The van der Waals surface area contributed by atoms with Gasteiger partial charge in [-0.15, -0.1) is 0 Å². The van der Waals surface area contributed by atoms with Gasteiger partial charge in [-0.05, 0) is 55.3 Å². The molecule has 0 amide bonds. The Hall–Kier alpha value is -4.18. The lowest BCUT2D eigenvalue weighted by Crippen LogP contribution is -2.39. The zero-order valence-electron chi connectivity index (χ0n) is 21.1. The Morgan fingerprint density at radius 2 is 1.73 bits per heavy atom. The third kappa shape index (κ3) is 4.92. The summed E-state index contributed by atoms with van der Waals surface area (Å²) in [6.07, 6.45) is 1.72. The van der Waals surface area contributed by atoms with E-state index in [1.54, 1.807) is 62.4 Å². The maximum Gasteiger partial charge on any atom is 0.338 e. The lowest BCUT2D eigenvalue weighted by Gasteiger charge is -2.25. The monoisotopic (exact) mass is 522 g/mol. The van der Waals surface area contributed by atoms with Crippen LogP contribution >= 0.6 is 11.3 Å². The minimum atomic E-state index is -0.779. The van der Waals surface area contributed by atoms with Crippen molar-refractivity contribution in [1.29, 1.82) is 0 Å². The summed E-state index contributed by atoms with van der Waals surface area (Å²) in [4.78, 5) is 43.5. The SMILES string of the molecule is CCOC(=O)C1=C(C)N=c2s/c(=C/c3ccc(C(=O)OC)cc3)c(=O)n2C1c1ccc(OC)c(OC)c1. The van der Waals surface area contributed by atoms with E-state index in [1.807, 2.05) is 0 Å². The van der Waals surface area contributed by atoms with Crippen LogP contribution in [0.2, 0.25) is 0 Å². The molecular formula is C27H26N2O7S. The van der Waals surface area contributed by atoms with Gasteiger partial charge in [0, 0.05) is 0 Å². The van der Waals surface area contributed by atoms with E-state index in [1.165, 1.54) is 37.2 Å². The Balaban J connectivity index is 1.90. The molecule has 0 fully saturated rings. The molecule has 2 heterocycles. The Labute approximate surface area is 216 Å². The van der Waals surface area contributed by atoms with E-state index < -0.39 is 18.0 Å². The third-order valence-electron chi connectivity index (χ3n) is 5.87. The first-order chi connectivity index (χ1) is 17.8. The predicted octanol–water partition coefficient (Wildman–Crippen LogP) is 2.60. The second-order valence-corrected chi connectivity index (χ2v) is 9.04. The van der Waals surface area contributed by atoms with Gasteiger partial charge >= 0.3 is 11.9 Å². The first kappa shape index (κ1) is 25.9. The van der Waals surface area contributed by atoms with E-state index in [2.05, 4.69) is 4.99 Å². The first-order valence-corrected chi connectivity index (χ1v) is 12.2. The van der Waals surface area contributed by atoms with Crippen LogP contribution in [-0.4, -0.2) is 44.4 Å². The number of carbonyl (C=O) groups is 2. The summed E-state index contributed by atoms with van der Waals surface area (Å²) in [5.74, 6) is -0.00263. The highest BCUT2D eigenvalue weighted by atomic mass is 32.1. The maximum atomic E-state index is 13.7. The molecule has 1 aliphatic rings. The molecular weight excluding hydrogens is 496 g/mol. The summed E-state index contributed by atoms with van der Waals surface area (Å²) in [6, 6.07) is 11.2. The largest absolute Gasteiger partial charge is 0.493 e. The molecule has 1 atom stereocenters. The van der Waals surface area contributed by atoms with Crippen molar-refractivity contribution < 1.29 is 28.5 Å². The van der Waals surface area contributed by atoms with Crippen LogP contribution < -0.4 is 24.4 Å². The number of ether oxygens (including phenoxy) is 4. The van der Waals surface area contributed by atoms with Crippen molar-refractivity contribution in [2.75, 3.05) is 27.9 Å². The molecule has 0 N–H and O–H groups in total. The molecule has 192 valence electrons. The normalized spacial score (nSPS) is 15.1. The highest BCUT2D eigenvalue weighted by Crippen LogP contribution is 2.36. The Kier molecular flexibility index (Phi) is 7.58. The number of fused-ring (bicyclic) bond motifs is 1. The Bertz CT molecular complexity index is 1570. The van der Waals surface area contributed by atoms with Crippen LogP contribution in [-0.2, 0) is 14.3 Å². The first-order valence-electron chi connectivity index (χ1n) is 11.4. The Morgan fingerprint density at radius 3 is 2.35 bits per heavy atom. The number of esters is 2. The number of nitrogens with zero attached hydrogens (tertiary/aromatic N) is 2. The molecule has 0 aliphatic carbocycles. The van der Waals surface area contributed by atoms with E-state index in [9.17, 15) is 14.4 Å². The number of thiazole rings is 1. The topological polar surface area (TPSA) is 105 Å². The van der Waals surface area contributed by atoms with Crippen molar-refractivity contribution in [3.8, 4) is 11.5 Å². The fraction of sp³-hybridized carbons (Fsp3) is 0.259. The summed E-state index contributed by atoms with van der Waals surface area (Å²) in [7, 11) is 4.37. The lowest BCUT2D eigenvalue weighted by molar-refractivity contribution is -0.139. The summed E-state index contributed by atoms with van der Waals surface area (Å²) in [5, 5.41) is 0. The van der Waals surface area contributed by atoms with Crippen LogP contribution in [0.3, 0.4) is 0 Å². The number of hydrogen-bond donors (Lipinski definition) is 0. The summed E-state index contributed by atoms with van der Waals surface area (Å²) in [6.45, 7) is 3.63. The molecule has 4 rings (SSSR count). The minimum Gasteiger partial charge on any atom is -0.493 e. The van der Waals surface area contributed by atoms with Crippen molar-refractivity contribution in [2.24, 2.45) is 4.99 Å². The Morgan fingerprint density at radius 1 is 1.03 bits per heavy atom. The van der Waals surface area contributed by atoms with Gasteiger partial charge in [0.25, 0.3) is 5.56 Å². The van der Waals surface area contributed by atoms with Crippen LogP contribution in [0, 0.1) is 0 Å². The number of aromatic nitrogens is 1. The van der Waals surface area contributed by atoms with E-state index in [-0.39, 0.29) is 17.7 Å². The quantitative estimate of drug-likeness (QED) is 0.439. The zero-order valence-corrected chi connectivity index (χ0v) is 21.9. The lowest BCUT2D eigenvalue weighted by atomic mass is 9.95. The molecule has 0 spiro atoms. The number of allylic oxidation sites excluding steroid dienone is 1. The number of rotatable bonds is 7. The molecule has 0 bridgehead atoms. The van der Waals surface area contributed by atoms with Crippen molar-refractivity contribution in [3.63, 3.8) is 0 Å². The third-order valence-corrected chi connectivity index (χ3v) is 6.85. The fourth-order valence-electron chi connectivity index (χ4n) is 4.11. The molecule has 0 saturated carbocycles. The van der Waals surface area contributed by atoms with Gasteiger partial charge in [-0.3, -0.25) is 9.36 Å².